The van der Waals surface area contributed by atoms with Crippen LogP contribution in [0, 0.1) is 0 Å². The highest BCUT2D eigenvalue weighted by Crippen LogP contribution is 2.46. The molecule has 52 heavy (non-hydrogen) atoms. The molecule has 2 atom stereocenters. The number of amides is 3. The first-order valence-corrected chi connectivity index (χ1v) is 17.8. The minimum Gasteiger partial charge on any atom is -0.504 e. The van der Waals surface area contributed by atoms with E-state index in [1.165, 1.54) is 18.2 Å². The fourth-order valence-corrected chi connectivity index (χ4v) is 6.72. The minimum atomic E-state index is -0.517. The number of nitrogens with one attached hydrogen (secondary N) is 1. The second-order valence-corrected chi connectivity index (χ2v) is 13.8. The Morgan fingerprint density at radius 1 is 0.904 bits per heavy atom. The summed E-state index contributed by atoms with van der Waals surface area (Å²) in [4.78, 5) is 38.6. The zero-order valence-corrected chi connectivity index (χ0v) is 30.6. The molecule has 2 aliphatic rings. The van der Waals surface area contributed by atoms with Crippen molar-refractivity contribution in [2.75, 3.05) is 46.4 Å². The van der Waals surface area contributed by atoms with E-state index >= 15 is 0 Å². The van der Waals surface area contributed by atoms with E-state index < -0.39 is 23.7 Å². The lowest BCUT2D eigenvalue weighted by Gasteiger charge is -2.39. The van der Waals surface area contributed by atoms with Gasteiger partial charge in [-0.25, -0.2) is 4.79 Å². The fourth-order valence-electron chi connectivity index (χ4n) is 6.47. The lowest BCUT2D eigenvalue weighted by Crippen LogP contribution is -2.54. The van der Waals surface area contributed by atoms with E-state index in [0.717, 1.165) is 11.1 Å². The topological polar surface area (TPSA) is 127 Å². The summed E-state index contributed by atoms with van der Waals surface area (Å²) in [6, 6.07) is 23.6. The summed E-state index contributed by atoms with van der Waals surface area (Å²) in [7, 11) is 1.59. The smallest absolute Gasteiger partial charge is 0.326 e. The SMILES string of the molecule is COc1ccc(C2=N[C@@H](c3ccc(Cl)cc3)[C@@H](c3ccc(Cl)cc3)N2C(=O)N2CCN(CCNC(=O)c3cccc(O)c3O)CC2)c(OC(C)C)c1. The highest BCUT2D eigenvalue weighted by atomic mass is 35.5. The summed E-state index contributed by atoms with van der Waals surface area (Å²) in [5.74, 6) is 0.348. The van der Waals surface area contributed by atoms with Gasteiger partial charge in [0, 0.05) is 55.4 Å². The zero-order chi connectivity index (χ0) is 36.9. The van der Waals surface area contributed by atoms with E-state index in [1.807, 2.05) is 85.5 Å². The van der Waals surface area contributed by atoms with Crippen molar-refractivity contribution in [3.63, 3.8) is 0 Å². The van der Waals surface area contributed by atoms with Gasteiger partial charge in [-0.2, -0.15) is 0 Å². The highest BCUT2D eigenvalue weighted by molar-refractivity contribution is 6.30. The normalized spacial score (nSPS) is 17.6. The molecule has 0 spiro atoms. The average Bonchev–Trinajstić information content (AvgIpc) is 3.53. The summed E-state index contributed by atoms with van der Waals surface area (Å²) in [5, 5.41) is 23.8. The van der Waals surface area contributed by atoms with Crippen molar-refractivity contribution in [3.05, 3.63) is 117 Å². The monoisotopic (exact) mass is 745 g/mol. The molecule has 2 aliphatic heterocycles. The minimum absolute atomic E-state index is 0.00413. The van der Waals surface area contributed by atoms with Crippen LogP contribution in [0.4, 0.5) is 4.79 Å². The molecule has 0 saturated carbocycles. The van der Waals surface area contributed by atoms with Crippen LogP contribution >= 0.6 is 23.2 Å². The van der Waals surface area contributed by atoms with Gasteiger partial charge in [0.05, 0.1) is 30.4 Å². The number of para-hydroxylation sites is 1. The van der Waals surface area contributed by atoms with Crippen LogP contribution in [0.25, 0.3) is 0 Å². The van der Waals surface area contributed by atoms with E-state index in [-0.39, 0.29) is 23.4 Å². The number of methoxy groups -OCH3 is 1. The van der Waals surface area contributed by atoms with Gasteiger partial charge < -0.3 is 29.9 Å². The number of piperazine rings is 1. The van der Waals surface area contributed by atoms with Crippen LogP contribution in [0.3, 0.4) is 0 Å². The Hall–Kier alpha value is -4.97. The maximum atomic E-state index is 14.9. The summed E-state index contributed by atoms with van der Waals surface area (Å²) in [6.07, 6.45) is -0.153. The molecule has 3 N–H and O–H groups in total. The molecule has 0 aromatic heterocycles. The van der Waals surface area contributed by atoms with Gasteiger partial charge in [-0.15, -0.1) is 0 Å². The third kappa shape index (κ3) is 8.07. The van der Waals surface area contributed by atoms with Crippen LogP contribution in [-0.2, 0) is 0 Å². The molecule has 1 fully saturated rings. The van der Waals surface area contributed by atoms with Crippen LogP contribution in [-0.4, -0.2) is 95.2 Å². The number of urea groups is 1. The molecular formula is C39H41Cl2N5O6. The molecule has 4 aromatic carbocycles. The van der Waals surface area contributed by atoms with Gasteiger partial charge in [0.15, 0.2) is 11.5 Å². The molecule has 11 nitrogen and oxygen atoms in total. The van der Waals surface area contributed by atoms with Gasteiger partial charge in [-0.3, -0.25) is 19.6 Å². The van der Waals surface area contributed by atoms with Crippen molar-refractivity contribution in [2.24, 2.45) is 4.99 Å². The van der Waals surface area contributed by atoms with E-state index in [2.05, 4.69) is 10.2 Å². The Kier molecular flexibility index (Phi) is 11.4. The van der Waals surface area contributed by atoms with E-state index in [0.29, 0.717) is 72.2 Å². The second-order valence-electron chi connectivity index (χ2n) is 12.9. The van der Waals surface area contributed by atoms with Crippen molar-refractivity contribution >= 4 is 41.0 Å². The molecule has 272 valence electrons. The number of hydrogen-bond donors (Lipinski definition) is 3. The third-order valence-electron chi connectivity index (χ3n) is 9.10. The number of phenols is 2. The lowest BCUT2D eigenvalue weighted by atomic mass is 9.93. The van der Waals surface area contributed by atoms with Crippen LogP contribution in [0.1, 0.15) is 53.0 Å². The number of aliphatic imine (C=N–C) groups is 1. The second kappa shape index (κ2) is 16.1. The largest absolute Gasteiger partial charge is 0.504 e. The predicted octanol–water partition coefficient (Wildman–Crippen LogP) is 6.91. The summed E-state index contributed by atoms with van der Waals surface area (Å²) < 4.78 is 11.8. The van der Waals surface area contributed by atoms with Gasteiger partial charge in [-0.1, -0.05) is 53.5 Å². The average molecular weight is 747 g/mol. The van der Waals surface area contributed by atoms with Gasteiger partial charge in [0.1, 0.15) is 23.4 Å². The van der Waals surface area contributed by atoms with Gasteiger partial charge in [0.2, 0.25) is 0 Å². The van der Waals surface area contributed by atoms with Crippen molar-refractivity contribution in [1.82, 2.24) is 20.0 Å². The maximum absolute atomic E-state index is 14.9. The molecule has 2 heterocycles. The molecule has 0 bridgehead atoms. The number of hydrogen-bond acceptors (Lipinski definition) is 8. The van der Waals surface area contributed by atoms with Gasteiger partial charge in [-0.05, 0) is 73.5 Å². The first kappa shape index (κ1) is 36.8. The zero-order valence-electron chi connectivity index (χ0n) is 29.1. The summed E-state index contributed by atoms with van der Waals surface area (Å²) >= 11 is 12.6. The predicted molar refractivity (Wildman–Crippen MR) is 201 cm³/mol. The van der Waals surface area contributed by atoms with E-state index in [9.17, 15) is 19.8 Å². The summed E-state index contributed by atoms with van der Waals surface area (Å²) in [5.41, 5.74) is 2.42. The Morgan fingerprint density at radius 3 is 2.19 bits per heavy atom. The number of nitrogens with zero attached hydrogens (tertiary/aromatic N) is 4. The quantitative estimate of drug-likeness (QED) is 0.151. The Bertz CT molecular complexity index is 1930. The molecule has 0 aliphatic carbocycles. The summed E-state index contributed by atoms with van der Waals surface area (Å²) in [6.45, 7) is 6.79. The first-order chi connectivity index (χ1) is 25.0. The number of phenolic OH excluding ortho intramolecular Hbond substituents is 2. The maximum Gasteiger partial charge on any atom is 0.326 e. The Balaban J connectivity index is 1.28. The highest BCUT2D eigenvalue weighted by Gasteiger charge is 2.45. The first-order valence-electron chi connectivity index (χ1n) is 17.1. The molecule has 1 saturated heterocycles. The molecule has 3 amide bonds. The lowest BCUT2D eigenvalue weighted by molar-refractivity contribution is 0.0935. The van der Waals surface area contributed by atoms with Crippen LogP contribution in [0.5, 0.6) is 23.0 Å². The van der Waals surface area contributed by atoms with Gasteiger partial charge in [0.25, 0.3) is 5.91 Å². The number of rotatable bonds is 10. The standard InChI is InChI=1S/C39H41Cl2N5O6/c1-24(2)52-33-23-29(51-3)15-16-30(33)37-43-34(25-7-11-27(40)12-8-25)35(26-9-13-28(41)14-10-26)46(37)39(50)45-21-19-44(20-22-45)18-17-42-38(49)31-5-4-6-32(47)36(31)48/h4-16,23-24,34-35,47-48H,17-22H2,1-3H3,(H,42,49)/t34-,35+/m0/s1. The molecule has 13 heteroatoms. The van der Waals surface area contributed by atoms with Crippen molar-refractivity contribution in [3.8, 4) is 23.0 Å². The van der Waals surface area contributed by atoms with Crippen molar-refractivity contribution < 1.29 is 29.3 Å². The van der Waals surface area contributed by atoms with E-state index in [4.69, 9.17) is 37.7 Å². The van der Waals surface area contributed by atoms with Crippen molar-refractivity contribution in [2.45, 2.75) is 32.0 Å². The number of benzene rings is 4. The molecule has 0 radical (unpaired) electrons. The number of halogens is 2. The number of carbonyl (C=O) groups is 2. The number of ether oxygens (including phenoxy) is 2. The number of carbonyl (C=O) groups excluding carboxylic acids is 2. The Labute approximate surface area is 313 Å². The van der Waals surface area contributed by atoms with Crippen molar-refractivity contribution in [1.29, 1.82) is 0 Å². The Morgan fingerprint density at radius 2 is 1.56 bits per heavy atom. The van der Waals surface area contributed by atoms with Crippen LogP contribution in [0.15, 0.2) is 89.9 Å². The molecule has 4 aromatic rings. The number of amidine groups is 1. The van der Waals surface area contributed by atoms with Crippen LogP contribution in [0.2, 0.25) is 10.0 Å². The molecule has 6 rings (SSSR count). The number of aromatic hydroxyl groups is 2. The van der Waals surface area contributed by atoms with Crippen LogP contribution < -0.4 is 14.8 Å². The fraction of sp³-hybridized carbons (Fsp3) is 0.308. The molecular weight excluding hydrogens is 705 g/mol. The molecule has 0 unspecified atom stereocenters. The van der Waals surface area contributed by atoms with Gasteiger partial charge >= 0.3 is 6.03 Å². The third-order valence-corrected chi connectivity index (χ3v) is 9.61. The van der Waals surface area contributed by atoms with E-state index in [1.54, 1.807) is 12.0 Å².